The molecule has 2 nitrogen and oxygen atoms in total. The Kier molecular flexibility index (Phi) is 4.45. The van der Waals surface area contributed by atoms with Crippen molar-refractivity contribution in [2.75, 3.05) is 0 Å². The summed E-state index contributed by atoms with van der Waals surface area (Å²) >= 11 is 0. The Bertz CT molecular complexity index is 785. The highest BCUT2D eigenvalue weighted by Crippen LogP contribution is 2.68. The summed E-state index contributed by atoms with van der Waals surface area (Å²) in [7, 11) is 0. The van der Waals surface area contributed by atoms with Gasteiger partial charge in [-0.15, -0.1) is 0 Å². The molecule has 0 aromatic rings. The van der Waals surface area contributed by atoms with E-state index in [0.29, 0.717) is 32.1 Å². The minimum Gasteiger partial charge on any atom is -0.382 e. The number of carbonyl (C=O) groups is 1. The smallest absolute Gasteiger partial charge is 0.382 e. The molecule has 0 saturated heterocycles. The third-order valence-electron chi connectivity index (χ3n) is 8.79. The van der Waals surface area contributed by atoms with Gasteiger partial charge in [-0.05, 0) is 61.3 Å². The van der Waals surface area contributed by atoms with Crippen LogP contribution in [0.1, 0.15) is 58.8 Å². The maximum absolute atomic E-state index is 14.6. The molecule has 29 heavy (non-hydrogen) atoms. The summed E-state index contributed by atoms with van der Waals surface area (Å²) in [6, 6.07) is 0. The lowest BCUT2D eigenvalue weighted by Crippen LogP contribution is -2.69. The molecule has 0 aliphatic heterocycles. The zero-order valence-electron chi connectivity index (χ0n) is 16.7. The van der Waals surface area contributed by atoms with E-state index >= 15 is 0 Å². The molecule has 0 spiro atoms. The molecule has 2 fully saturated rings. The quantitative estimate of drug-likeness (QED) is 0.444. The Balaban J connectivity index is 1.75. The third kappa shape index (κ3) is 2.58. The maximum Gasteiger partial charge on any atom is 0.456 e. The van der Waals surface area contributed by atoms with Crippen LogP contribution < -0.4 is 0 Å². The molecule has 0 unspecified atom stereocenters. The van der Waals surface area contributed by atoms with Crippen molar-refractivity contribution in [1.29, 1.82) is 0 Å². The molecule has 2 saturated carbocycles. The summed E-state index contributed by atoms with van der Waals surface area (Å²) in [6.45, 7) is 3.52. The van der Waals surface area contributed by atoms with Crippen LogP contribution in [0.2, 0.25) is 0 Å². The van der Waals surface area contributed by atoms with E-state index in [-0.39, 0.29) is 29.5 Å². The first-order chi connectivity index (χ1) is 13.3. The second kappa shape index (κ2) is 6.14. The van der Waals surface area contributed by atoms with Gasteiger partial charge in [0.25, 0.3) is 0 Å². The Morgan fingerprint density at radius 2 is 1.76 bits per heavy atom. The third-order valence-corrected chi connectivity index (χ3v) is 8.79. The molecule has 0 aromatic heterocycles. The zero-order chi connectivity index (χ0) is 21.5. The van der Waals surface area contributed by atoms with Crippen molar-refractivity contribution in [3.8, 4) is 0 Å². The highest BCUT2D eigenvalue weighted by Gasteiger charge is 2.77. The van der Waals surface area contributed by atoms with Gasteiger partial charge in [0.05, 0.1) is 0 Å². The van der Waals surface area contributed by atoms with Crippen LogP contribution in [-0.4, -0.2) is 28.6 Å². The summed E-state index contributed by atoms with van der Waals surface area (Å²) in [5, 5.41) is 10.9. The molecule has 7 heteroatoms. The van der Waals surface area contributed by atoms with Crippen LogP contribution in [0.25, 0.3) is 0 Å². The Labute approximate surface area is 167 Å². The van der Waals surface area contributed by atoms with Crippen LogP contribution in [-0.2, 0) is 4.79 Å². The second-order valence-corrected chi connectivity index (χ2v) is 9.91. The SMILES string of the molecule is C[C@]12CCC(=O)C=C1CC[C@@H]1[C@@H]2CC[C@@]2(C)[C@H]1C=CC[C@@]2(O)C(F)(F)C(F)(F)F. The van der Waals surface area contributed by atoms with Crippen molar-refractivity contribution < 1.29 is 31.9 Å². The molecule has 0 aromatic carbocycles. The first-order valence-electron chi connectivity index (χ1n) is 10.4. The molecule has 0 heterocycles. The number of ketones is 1. The molecule has 4 aliphatic carbocycles. The summed E-state index contributed by atoms with van der Waals surface area (Å²) in [4.78, 5) is 11.9. The predicted molar refractivity (Wildman–Crippen MR) is 97.2 cm³/mol. The lowest BCUT2D eigenvalue weighted by Gasteiger charge is -2.63. The molecule has 0 bridgehead atoms. The van der Waals surface area contributed by atoms with Crippen molar-refractivity contribution in [3.63, 3.8) is 0 Å². The second-order valence-electron chi connectivity index (χ2n) is 9.91. The summed E-state index contributed by atoms with van der Waals surface area (Å²) < 4.78 is 69.0. The predicted octanol–water partition coefficient (Wildman–Crippen LogP) is 5.61. The van der Waals surface area contributed by atoms with Gasteiger partial charge in [-0.25, -0.2) is 0 Å². The van der Waals surface area contributed by atoms with Crippen LogP contribution in [0.5, 0.6) is 0 Å². The standard InChI is InChI=1S/C22H27F5O2/c1-18-10-7-14(28)12-13(18)5-6-15-16(18)8-11-19(2)17(15)4-3-9-20(19,29)21(23,24)22(25,26)27/h3-4,12,15-17,29H,5-11H2,1-2H3/t15-,16+,17+,18+,19+,20+/m1/s1. The van der Waals surface area contributed by atoms with E-state index in [1.165, 1.54) is 13.0 Å². The topological polar surface area (TPSA) is 37.3 Å². The monoisotopic (exact) mass is 418 g/mol. The Hall–Kier alpha value is -1.24. The number of carbonyl (C=O) groups excluding carboxylic acids is 1. The van der Waals surface area contributed by atoms with Crippen LogP contribution in [0, 0.1) is 28.6 Å². The van der Waals surface area contributed by atoms with Crippen LogP contribution in [0.3, 0.4) is 0 Å². The van der Waals surface area contributed by atoms with E-state index in [4.69, 9.17) is 0 Å². The molecule has 4 aliphatic rings. The highest BCUT2D eigenvalue weighted by atomic mass is 19.4. The number of allylic oxidation sites excluding steroid dienone is 3. The van der Waals surface area contributed by atoms with Crippen molar-refractivity contribution in [3.05, 3.63) is 23.8 Å². The average molecular weight is 418 g/mol. The van der Waals surface area contributed by atoms with Gasteiger partial charge in [0, 0.05) is 18.3 Å². The Morgan fingerprint density at radius 1 is 1.07 bits per heavy atom. The minimum absolute atomic E-state index is 0.0868. The summed E-state index contributed by atoms with van der Waals surface area (Å²) in [5.41, 5.74) is -3.87. The fourth-order valence-electron chi connectivity index (χ4n) is 6.99. The first kappa shape index (κ1) is 21.0. The van der Waals surface area contributed by atoms with Crippen LogP contribution in [0.15, 0.2) is 23.8 Å². The van der Waals surface area contributed by atoms with Gasteiger partial charge in [-0.1, -0.05) is 31.6 Å². The molecular formula is C22H27F5O2. The van der Waals surface area contributed by atoms with Gasteiger partial charge in [0.1, 0.15) is 5.60 Å². The van der Waals surface area contributed by atoms with Gasteiger partial charge in [-0.3, -0.25) is 4.79 Å². The van der Waals surface area contributed by atoms with Crippen molar-refractivity contribution >= 4 is 5.78 Å². The van der Waals surface area contributed by atoms with Gasteiger partial charge >= 0.3 is 12.1 Å². The van der Waals surface area contributed by atoms with E-state index in [2.05, 4.69) is 6.92 Å². The maximum atomic E-state index is 14.6. The van der Waals surface area contributed by atoms with E-state index in [9.17, 15) is 31.9 Å². The van der Waals surface area contributed by atoms with E-state index < -0.39 is 35.5 Å². The Morgan fingerprint density at radius 3 is 2.41 bits per heavy atom. The van der Waals surface area contributed by atoms with E-state index in [1.54, 1.807) is 12.2 Å². The van der Waals surface area contributed by atoms with Gasteiger partial charge in [0.15, 0.2) is 5.78 Å². The lowest BCUT2D eigenvalue weighted by molar-refractivity contribution is -0.372. The van der Waals surface area contributed by atoms with Crippen molar-refractivity contribution in [2.45, 2.75) is 76.5 Å². The fraction of sp³-hybridized carbons (Fsp3) is 0.773. The lowest BCUT2D eigenvalue weighted by atomic mass is 9.43. The van der Waals surface area contributed by atoms with Crippen LogP contribution in [0.4, 0.5) is 22.0 Å². The minimum atomic E-state index is -5.81. The van der Waals surface area contributed by atoms with E-state index in [0.717, 1.165) is 5.57 Å². The van der Waals surface area contributed by atoms with Gasteiger partial charge in [0.2, 0.25) is 0 Å². The number of aliphatic hydroxyl groups is 1. The number of alkyl halides is 5. The number of hydrogen-bond acceptors (Lipinski definition) is 2. The molecular weight excluding hydrogens is 391 g/mol. The fourth-order valence-corrected chi connectivity index (χ4v) is 6.99. The molecule has 0 radical (unpaired) electrons. The molecule has 6 atom stereocenters. The zero-order valence-corrected chi connectivity index (χ0v) is 16.7. The number of fused-ring (bicyclic) bond motifs is 5. The normalized spacial score (nSPS) is 45.2. The number of rotatable bonds is 1. The average Bonchev–Trinajstić information content (AvgIpc) is 2.62. The molecule has 4 rings (SSSR count). The van der Waals surface area contributed by atoms with Gasteiger partial charge in [-0.2, -0.15) is 22.0 Å². The van der Waals surface area contributed by atoms with Crippen LogP contribution >= 0.6 is 0 Å². The largest absolute Gasteiger partial charge is 0.456 e. The first-order valence-corrected chi connectivity index (χ1v) is 10.4. The highest BCUT2D eigenvalue weighted by molar-refractivity contribution is 5.91. The molecule has 1 N–H and O–H groups in total. The van der Waals surface area contributed by atoms with Crippen molar-refractivity contribution in [2.24, 2.45) is 28.6 Å². The number of hydrogen-bond donors (Lipinski definition) is 1. The molecule has 162 valence electrons. The molecule has 0 amide bonds. The number of halogens is 5. The summed E-state index contributed by atoms with van der Waals surface area (Å²) in [6.07, 6.45) is 1.28. The van der Waals surface area contributed by atoms with Gasteiger partial charge < -0.3 is 5.11 Å². The van der Waals surface area contributed by atoms with E-state index in [1.807, 2.05) is 0 Å². The summed E-state index contributed by atoms with van der Waals surface area (Å²) in [5.74, 6) is -5.61. The van der Waals surface area contributed by atoms with Crippen molar-refractivity contribution in [1.82, 2.24) is 0 Å².